The molecular formula is C21H25N3O2. The van der Waals surface area contributed by atoms with E-state index in [4.69, 9.17) is 0 Å². The lowest BCUT2D eigenvalue weighted by Crippen LogP contribution is -2.38. The summed E-state index contributed by atoms with van der Waals surface area (Å²) in [5.41, 5.74) is 3.06. The predicted octanol–water partition coefficient (Wildman–Crippen LogP) is 4.70. The Balaban J connectivity index is 1.53. The van der Waals surface area contributed by atoms with Crippen molar-refractivity contribution >= 4 is 23.3 Å². The highest BCUT2D eigenvalue weighted by Gasteiger charge is 2.15. The molecule has 0 heterocycles. The molecule has 136 valence electrons. The van der Waals surface area contributed by atoms with Gasteiger partial charge in [-0.1, -0.05) is 37.0 Å². The van der Waals surface area contributed by atoms with Gasteiger partial charge in [-0.05, 0) is 56.2 Å². The maximum Gasteiger partial charge on any atom is 0.319 e. The number of hydrogen-bond acceptors (Lipinski definition) is 2. The van der Waals surface area contributed by atoms with Crippen LogP contribution in [0.3, 0.4) is 0 Å². The second-order valence-corrected chi connectivity index (χ2v) is 6.83. The van der Waals surface area contributed by atoms with Gasteiger partial charge in [0.05, 0.1) is 0 Å². The van der Waals surface area contributed by atoms with Crippen molar-refractivity contribution in [3.8, 4) is 0 Å². The minimum atomic E-state index is -0.173. The molecule has 5 nitrogen and oxygen atoms in total. The standard InChI is InChI=1S/C21H25N3O2/c1-15-6-5-7-16(14-15)20(25)22-18-10-12-19(13-11-18)24-21(26)23-17-8-3-2-4-9-17/h5-7,10-14,17H,2-4,8-9H2,1H3,(H,22,25)(H2,23,24,26). The summed E-state index contributed by atoms with van der Waals surface area (Å²) in [5, 5.41) is 8.73. The molecule has 0 atom stereocenters. The molecule has 5 heteroatoms. The van der Waals surface area contributed by atoms with Crippen LogP contribution < -0.4 is 16.0 Å². The number of urea groups is 1. The van der Waals surface area contributed by atoms with E-state index in [2.05, 4.69) is 16.0 Å². The van der Waals surface area contributed by atoms with Crippen molar-refractivity contribution in [1.29, 1.82) is 0 Å². The molecule has 1 saturated carbocycles. The summed E-state index contributed by atoms with van der Waals surface area (Å²) < 4.78 is 0. The van der Waals surface area contributed by atoms with Crippen LogP contribution in [0.2, 0.25) is 0 Å². The van der Waals surface area contributed by atoms with Crippen LogP contribution in [0.25, 0.3) is 0 Å². The zero-order valence-corrected chi connectivity index (χ0v) is 15.0. The number of anilines is 2. The van der Waals surface area contributed by atoms with E-state index < -0.39 is 0 Å². The van der Waals surface area contributed by atoms with E-state index in [1.807, 2.05) is 25.1 Å². The lowest BCUT2D eigenvalue weighted by Gasteiger charge is -2.22. The molecule has 0 spiro atoms. The SMILES string of the molecule is Cc1cccc(C(=O)Nc2ccc(NC(=O)NC3CCCCC3)cc2)c1. The first kappa shape index (κ1) is 18.0. The maximum atomic E-state index is 12.3. The molecule has 0 aliphatic heterocycles. The third kappa shape index (κ3) is 5.09. The van der Waals surface area contributed by atoms with Crippen molar-refractivity contribution in [2.24, 2.45) is 0 Å². The van der Waals surface area contributed by atoms with Gasteiger partial charge in [0.2, 0.25) is 0 Å². The van der Waals surface area contributed by atoms with Crippen LogP contribution >= 0.6 is 0 Å². The van der Waals surface area contributed by atoms with Gasteiger partial charge in [0.25, 0.3) is 5.91 Å². The van der Waals surface area contributed by atoms with Gasteiger partial charge in [-0.15, -0.1) is 0 Å². The average molecular weight is 351 g/mol. The van der Waals surface area contributed by atoms with Crippen molar-refractivity contribution < 1.29 is 9.59 Å². The van der Waals surface area contributed by atoms with E-state index in [-0.39, 0.29) is 18.0 Å². The number of carbonyl (C=O) groups excluding carboxylic acids is 2. The lowest BCUT2D eigenvalue weighted by molar-refractivity contribution is 0.102. The molecule has 1 aliphatic carbocycles. The fourth-order valence-electron chi connectivity index (χ4n) is 3.23. The van der Waals surface area contributed by atoms with Crippen molar-refractivity contribution in [3.63, 3.8) is 0 Å². The van der Waals surface area contributed by atoms with E-state index in [1.165, 1.54) is 19.3 Å². The topological polar surface area (TPSA) is 70.2 Å². The van der Waals surface area contributed by atoms with Crippen LogP contribution in [0.15, 0.2) is 48.5 Å². The molecule has 0 aromatic heterocycles. The third-order valence-corrected chi connectivity index (χ3v) is 4.62. The number of amides is 3. The van der Waals surface area contributed by atoms with Crippen LogP contribution in [0.4, 0.5) is 16.2 Å². The number of nitrogens with one attached hydrogen (secondary N) is 3. The van der Waals surface area contributed by atoms with E-state index in [0.717, 1.165) is 18.4 Å². The Morgan fingerprint density at radius 3 is 2.19 bits per heavy atom. The Kier molecular flexibility index (Phi) is 5.89. The second kappa shape index (κ2) is 8.52. The van der Waals surface area contributed by atoms with Crippen molar-refractivity contribution in [3.05, 3.63) is 59.7 Å². The fraction of sp³-hybridized carbons (Fsp3) is 0.333. The highest BCUT2D eigenvalue weighted by atomic mass is 16.2. The predicted molar refractivity (Wildman–Crippen MR) is 105 cm³/mol. The summed E-state index contributed by atoms with van der Waals surface area (Å²) in [7, 11) is 0. The molecule has 2 aromatic rings. The Morgan fingerprint density at radius 1 is 0.885 bits per heavy atom. The van der Waals surface area contributed by atoms with Gasteiger partial charge in [-0.3, -0.25) is 4.79 Å². The molecular weight excluding hydrogens is 326 g/mol. The Bertz CT molecular complexity index is 765. The average Bonchev–Trinajstić information content (AvgIpc) is 2.64. The molecule has 0 saturated heterocycles. The van der Waals surface area contributed by atoms with Gasteiger partial charge in [0, 0.05) is 23.0 Å². The first-order valence-electron chi connectivity index (χ1n) is 9.16. The second-order valence-electron chi connectivity index (χ2n) is 6.83. The molecule has 1 fully saturated rings. The lowest BCUT2D eigenvalue weighted by atomic mass is 9.96. The first-order valence-corrected chi connectivity index (χ1v) is 9.16. The van der Waals surface area contributed by atoms with Crippen LogP contribution in [0.1, 0.15) is 48.0 Å². The molecule has 26 heavy (non-hydrogen) atoms. The Hall–Kier alpha value is -2.82. The summed E-state index contributed by atoms with van der Waals surface area (Å²) >= 11 is 0. The van der Waals surface area contributed by atoms with Gasteiger partial charge in [-0.2, -0.15) is 0 Å². The molecule has 0 unspecified atom stereocenters. The summed E-state index contributed by atoms with van der Waals surface area (Å²) in [6.07, 6.45) is 5.73. The number of rotatable bonds is 4. The van der Waals surface area contributed by atoms with E-state index in [9.17, 15) is 9.59 Å². The normalized spacial score (nSPS) is 14.5. The number of aryl methyl sites for hydroxylation is 1. The molecule has 3 N–H and O–H groups in total. The quantitative estimate of drug-likeness (QED) is 0.747. The molecule has 2 aromatic carbocycles. The third-order valence-electron chi connectivity index (χ3n) is 4.62. The molecule has 1 aliphatic rings. The van der Waals surface area contributed by atoms with Crippen LogP contribution in [0.5, 0.6) is 0 Å². The maximum absolute atomic E-state index is 12.3. The van der Waals surface area contributed by atoms with Gasteiger partial charge in [0.1, 0.15) is 0 Å². The number of carbonyl (C=O) groups is 2. The molecule has 3 amide bonds. The van der Waals surface area contributed by atoms with Gasteiger partial charge < -0.3 is 16.0 Å². The zero-order valence-electron chi connectivity index (χ0n) is 15.0. The summed E-state index contributed by atoms with van der Waals surface area (Å²) in [4.78, 5) is 24.3. The van der Waals surface area contributed by atoms with Crippen LogP contribution in [-0.2, 0) is 0 Å². The van der Waals surface area contributed by atoms with Crippen molar-refractivity contribution in [2.45, 2.75) is 45.1 Å². The van der Waals surface area contributed by atoms with Gasteiger partial charge in [0.15, 0.2) is 0 Å². The van der Waals surface area contributed by atoms with Crippen molar-refractivity contribution in [2.75, 3.05) is 10.6 Å². The Morgan fingerprint density at radius 2 is 1.54 bits per heavy atom. The Labute approximate surface area is 154 Å². The molecule has 3 rings (SSSR count). The highest BCUT2D eigenvalue weighted by molar-refractivity contribution is 6.04. The summed E-state index contributed by atoms with van der Waals surface area (Å²) in [5.74, 6) is -0.149. The van der Waals surface area contributed by atoms with Crippen LogP contribution in [-0.4, -0.2) is 18.0 Å². The van der Waals surface area contributed by atoms with E-state index in [0.29, 0.717) is 16.9 Å². The molecule has 0 radical (unpaired) electrons. The number of benzene rings is 2. The first-order chi connectivity index (χ1) is 12.6. The van der Waals surface area contributed by atoms with E-state index in [1.54, 1.807) is 30.3 Å². The number of hydrogen-bond donors (Lipinski definition) is 3. The summed E-state index contributed by atoms with van der Waals surface area (Å²) in [6, 6.07) is 14.7. The molecule has 0 bridgehead atoms. The van der Waals surface area contributed by atoms with E-state index >= 15 is 0 Å². The minimum absolute atomic E-state index is 0.149. The van der Waals surface area contributed by atoms with Gasteiger partial charge >= 0.3 is 6.03 Å². The minimum Gasteiger partial charge on any atom is -0.335 e. The largest absolute Gasteiger partial charge is 0.335 e. The fourth-order valence-corrected chi connectivity index (χ4v) is 3.23. The summed E-state index contributed by atoms with van der Waals surface area (Å²) in [6.45, 7) is 1.95. The van der Waals surface area contributed by atoms with Crippen molar-refractivity contribution in [1.82, 2.24) is 5.32 Å². The van der Waals surface area contributed by atoms with Crippen LogP contribution in [0, 0.1) is 6.92 Å². The monoisotopic (exact) mass is 351 g/mol. The zero-order chi connectivity index (χ0) is 18.4. The van der Waals surface area contributed by atoms with Gasteiger partial charge in [-0.25, -0.2) is 4.79 Å². The smallest absolute Gasteiger partial charge is 0.319 e. The highest BCUT2D eigenvalue weighted by Crippen LogP contribution is 2.18.